The molecule has 0 fully saturated rings. The largest absolute Gasteiger partial charge is 0.205 e. The number of aryl methyl sites for hydroxylation is 2. The van der Waals surface area contributed by atoms with Crippen molar-refractivity contribution in [1.29, 1.82) is 0 Å². The van der Waals surface area contributed by atoms with Crippen LogP contribution in [0.25, 0.3) is 0 Å². The van der Waals surface area contributed by atoms with Crippen molar-refractivity contribution in [3.63, 3.8) is 0 Å². The normalized spacial score (nSPS) is 11.3. The van der Waals surface area contributed by atoms with Crippen molar-refractivity contribution >= 4 is 0 Å². The Kier molecular flexibility index (Phi) is 21.3. The van der Waals surface area contributed by atoms with Gasteiger partial charge in [0.15, 0.2) is 12.4 Å². The maximum Gasteiger partial charge on any atom is 0.169 e. The molecule has 0 aromatic carbocycles. The van der Waals surface area contributed by atoms with Crippen molar-refractivity contribution in [3.8, 4) is 0 Å². The summed E-state index contributed by atoms with van der Waals surface area (Å²) in [5.41, 5.74) is 1.52. The van der Waals surface area contributed by atoms with Gasteiger partial charge in [-0.25, -0.2) is 4.57 Å². The summed E-state index contributed by atoms with van der Waals surface area (Å²) in [6.07, 6.45) is 37.3. The molecule has 0 unspecified atom stereocenters. The van der Waals surface area contributed by atoms with Gasteiger partial charge >= 0.3 is 0 Å². The maximum absolute atomic E-state index is 2.39. The maximum atomic E-state index is 2.39. The number of hydrogen-bond donors (Lipinski definition) is 0. The molecule has 0 N–H and O–H groups in total. The fraction of sp³-hybridized carbons (Fsp3) is 0.839. The summed E-state index contributed by atoms with van der Waals surface area (Å²) < 4.78 is 2.39. The number of pyridine rings is 1. The first-order valence-electron chi connectivity index (χ1n) is 14.8. The molecule has 0 saturated carbocycles. The van der Waals surface area contributed by atoms with Crippen LogP contribution < -0.4 is 4.57 Å². The Hall–Kier alpha value is -0.850. The second-order valence-corrected chi connectivity index (χ2v) is 10.3. The fourth-order valence-electron chi connectivity index (χ4n) is 4.76. The minimum atomic E-state index is 1.19. The van der Waals surface area contributed by atoms with Gasteiger partial charge in [0, 0.05) is 18.6 Å². The molecule has 0 bridgehead atoms. The summed E-state index contributed by atoms with van der Waals surface area (Å²) >= 11 is 0. The Morgan fingerprint density at radius 2 is 0.781 bits per heavy atom. The number of hydrogen-bond acceptors (Lipinski definition) is 0. The topological polar surface area (TPSA) is 3.88 Å². The van der Waals surface area contributed by atoms with Crippen LogP contribution in [0.15, 0.2) is 24.5 Å². The third kappa shape index (κ3) is 18.7. The summed E-state index contributed by atoms with van der Waals surface area (Å²) in [7, 11) is 0. The molecule has 0 aliphatic heterocycles. The van der Waals surface area contributed by atoms with Crippen LogP contribution in [0.1, 0.15) is 161 Å². The number of unbranched alkanes of at least 4 members (excludes halogenated alkanes) is 20. The molecule has 0 spiro atoms. The van der Waals surface area contributed by atoms with Crippen molar-refractivity contribution in [2.24, 2.45) is 0 Å². The summed E-state index contributed by atoms with van der Waals surface area (Å²) in [5, 5.41) is 0. The first-order chi connectivity index (χ1) is 15.9. The van der Waals surface area contributed by atoms with Crippen LogP contribution in [0.2, 0.25) is 0 Å². The van der Waals surface area contributed by atoms with E-state index in [-0.39, 0.29) is 0 Å². The second-order valence-electron chi connectivity index (χ2n) is 10.3. The van der Waals surface area contributed by atoms with Gasteiger partial charge in [-0.3, -0.25) is 0 Å². The molecule has 0 radical (unpaired) electrons. The quantitative estimate of drug-likeness (QED) is 0.110. The van der Waals surface area contributed by atoms with E-state index >= 15 is 0 Å². The highest BCUT2D eigenvalue weighted by atomic mass is 14.9. The summed E-state index contributed by atoms with van der Waals surface area (Å²) in [5.74, 6) is 0. The molecule has 32 heavy (non-hydrogen) atoms. The van der Waals surface area contributed by atoms with Crippen molar-refractivity contribution in [2.75, 3.05) is 0 Å². The Morgan fingerprint density at radius 3 is 1.19 bits per heavy atom. The lowest BCUT2D eigenvalue weighted by atomic mass is 10.0. The molecule has 1 aromatic heterocycles. The van der Waals surface area contributed by atoms with Gasteiger partial charge in [-0.15, -0.1) is 0 Å². The minimum absolute atomic E-state index is 1.19. The number of aromatic nitrogens is 1. The van der Waals surface area contributed by atoms with E-state index in [2.05, 4.69) is 42.9 Å². The predicted octanol–water partition coefficient (Wildman–Crippen LogP) is 10.1. The lowest BCUT2D eigenvalue weighted by Crippen LogP contribution is -2.32. The summed E-state index contributed by atoms with van der Waals surface area (Å²) in [6, 6.07) is 4.71. The molecule has 186 valence electrons. The van der Waals surface area contributed by atoms with Gasteiger partial charge in [0.2, 0.25) is 0 Å². The summed E-state index contributed by atoms with van der Waals surface area (Å²) in [4.78, 5) is 0. The smallest absolute Gasteiger partial charge is 0.169 e. The molecule has 0 amide bonds. The van der Waals surface area contributed by atoms with Crippen LogP contribution in [-0.2, 0) is 13.0 Å². The zero-order valence-corrected chi connectivity index (χ0v) is 22.2. The van der Waals surface area contributed by atoms with E-state index in [9.17, 15) is 0 Å². The lowest BCUT2D eigenvalue weighted by Gasteiger charge is -2.04. The molecular formula is C31H58N+. The first-order valence-corrected chi connectivity index (χ1v) is 14.8. The standard InChI is InChI=1S/C31H58N/c1-3-5-7-9-11-13-15-16-17-19-21-23-25-31-26-29-32(30-27-31)28-24-22-20-18-14-12-10-8-6-4-2/h26-27,29-30H,3-25,28H2,1-2H3/q+1. The lowest BCUT2D eigenvalue weighted by molar-refractivity contribution is -0.697. The van der Waals surface area contributed by atoms with E-state index in [1.807, 2.05) is 0 Å². The van der Waals surface area contributed by atoms with E-state index < -0.39 is 0 Å². The molecule has 0 aliphatic rings. The zero-order valence-electron chi connectivity index (χ0n) is 22.2. The first kappa shape index (κ1) is 29.2. The SMILES string of the molecule is CCCCCCCCCCCCCCc1cc[n+](CCCCCCCCCCCC)cc1. The van der Waals surface area contributed by atoms with E-state index in [0.29, 0.717) is 0 Å². The van der Waals surface area contributed by atoms with Crippen molar-refractivity contribution in [3.05, 3.63) is 30.1 Å². The Balaban J connectivity index is 1.89. The molecule has 0 aliphatic carbocycles. The van der Waals surface area contributed by atoms with E-state index in [4.69, 9.17) is 0 Å². The average molecular weight is 445 g/mol. The fourth-order valence-corrected chi connectivity index (χ4v) is 4.76. The van der Waals surface area contributed by atoms with Gasteiger partial charge in [0.05, 0.1) is 0 Å². The minimum Gasteiger partial charge on any atom is -0.205 e. The Labute approximate surface area is 202 Å². The van der Waals surface area contributed by atoms with Crippen LogP contribution >= 0.6 is 0 Å². The highest BCUT2D eigenvalue weighted by molar-refractivity contribution is 5.07. The molecular weight excluding hydrogens is 386 g/mol. The molecule has 1 aromatic rings. The highest BCUT2D eigenvalue weighted by Crippen LogP contribution is 2.13. The van der Waals surface area contributed by atoms with Crippen LogP contribution in [0.5, 0.6) is 0 Å². The van der Waals surface area contributed by atoms with Gasteiger partial charge < -0.3 is 0 Å². The zero-order chi connectivity index (χ0) is 23.0. The molecule has 0 saturated heterocycles. The predicted molar refractivity (Wildman–Crippen MR) is 143 cm³/mol. The Morgan fingerprint density at radius 1 is 0.438 bits per heavy atom. The molecule has 1 heterocycles. The molecule has 1 heteroatoms. The van der Waals surface area contributed by atoms with Crippen LogP contribution in [0.3, 0.4) is 0 Å². The monoisotopic (exact) mass is 444 g/mol. The van der Waals surface area contributed by atoms with Gasteiger partial charge in [-0.2, -0.15) is 0 Å². The van der Waals surface area contributed by atoms with Crippen LogP contribution in [-0.4, -0.2) is 0 Å². The second kappa shape index (κ2) is 23.3. The van der Waals surface area contributed by atoms with Crippen molar-refractivity contribution in [1.82, 2.24) is 0 Å². The van der Waals surface area contributed by atoms with Gasteiger partial charge in [-0.1, -0.05) is 136 Å². The third-order valence-corrected chi connectivity index (χ3v) is 7.05. The summed E-state index contributed by atoms with van der Waals surface area (Å²) in [6.45, 7) is 5.79. The Bertz CT molecular complexity index is 478. The van der Waals surface area contributed by atoms with Gasteiger partial charge in [0.25, 0.3) is 0 Å². The number of nitrogens with zero attached hydrogens (tertiary/aromatic N) is 1. The number of rotatable bonds is 24. The molecule has 1 nitrogen and oxygen atoms in total. The van der Waals surface area contributed by atoms with Gasteiger partial charge in [-0.05, 0) is 24.8 Å². The molecule has 1 rings (SSSR count). The van der Waals surface area contributed by atoms with Crippen molar-refractivity contribution in [2.45, 2.75) is 168 Å². The van der Waals surface area contributed by atoms with E-state index in [1.165, 1.54) is 160 Å². The van der Waals surface area contributed by atoms with Crippen LogP contribution in [0.4, 0.5) is 0 Å². The van der Waals surface area contributed by atoms with E-state index in [1.54, 1.807) is 0 Å². The molecule has 0 atom stereocenters. The van der Waals surface area contributed by atoms with E-state index in [0.717, 1.165) is 0 Å². The third-order valence-electron chi connectivity index (χ3n) is 7.05. The van der Waals surface area contributed by atoms with Crippen molar-refractivity contribution < 1.29 is 4.57 Å². The highest BCUT2D eigenvalue weighted by Gasteiger charge is 2.02. The van der Waals surface area contributed by atoms with Gasteiger partial charge in [0.1, 0.15) is 6.54 Å². The average Bonchev–Trinajstić information content (AvgIpc) is 2.82. The van der Waals surface area contributed by atoms with Crippen LogP contribution in [0, 0.1) is 0 Å².